The van der Waals surface area contributed by atoms with Gasteiger partial charge in [0.25, 0.3) is 0 Å². The van der Waals surface area contributed by atoms with Crippen molar-refractivity contribution in [1.82, 2.24) is 0 Å². The molecule has 4 aliphatic carbocycles. The van der Waals surface area contributed by atoms with Gasteiger partial charge in [0.1, 0.15) is 0 Å². The average molecular weight is 304 g/mol. The zero-order valence-electron chi connectivity index (χ0n) is 14.3. The lowest BCUT2D eigenvalue weighted by Gasteiger charge is -2.65. The molecule has 7 atom stereocenters. The van der Waals surface area contributed by atoms with Crippen LogP contribution < -0.4 is 0 Å². The lowest BCUT2D eigenvalue weighted by Crippen LogP contribution is -2.61. The van der Waals surface area contributed by atoms with E-state index < -0.39 is 0 Å². The Morgan fingerprint density at radius 1 is 1.09 bits per heavy atom. The first kappa shape index (κ1) is 15.2. The predicted molar refractivity (Wildman–Crippen MR) is 88.3 cm³/mol. The van der Waals surface area contributed by atoms with E-state index in [9.17, 15) is 10.2 Å². The van der Waals surface area contributed by atoms with Gasteiger partial charge in [-0.1, -0.05) is 26.0 Å². The van der Waals surface area contributed by atoms with Crippen LogP contribution in [-0.4, -0.2) is 22.9 Å². The van der Waals surface area contributed by atoms with Gasteiger partial charge in [0.2, 0.25) is 0 Å². The van der Waals surface area contributed by atoms with Crippen LogP contribution in [0.4, 0.5) is 0 Å². The second kappa shape index (κ2) is 4.60. The van der Waals surface area contributed by atoms with Gasteiger partial charge in [-0.15, -0.1) is 0 Å². The van der Waals surface area contributed by atoms with Crippen LogP contribution in [0.1, 0.15) is 65.2 Å². The van der Waals surface area contributed by atoms with Crippen LogP contribution >= 0.6 is 0 Å². The number of hydrogen-bond donors (Lipinski definition) is 2. The summed E-state index contributed by atoms with van der Waals surface area (Å²) in [5.74, 6) is 2.03. The molecular formula is C20H32O2. The van der Waals surface area contributed by atoms with Crippen molar-refractivity contribution in [3.63, 3.8) is 0 Å². The summed E-state index contributed by atoms with van der Waals surface area (Å²) in [6.45, 7) is 9.14. The Labute approximate surface area is 135 Å². The third-order valence-corrected chi connectivity index (χ3v) is 8.73. The molecule has 0 aromatic carbocycles. The summed E-state index contributed by atoms with van der Waals surface area (Å²) in [5.41, 5.74) is 2.01. The van der Waals surface area contributed by atoms with Crippen molar-refractivity contribution in [3.8, 4) is 0 Å². The van der Waals surface area contributed by atoms with Gasteiger partial charge in [-0.05, 0) is 80.0 Å². The highest BCUT2D eigenvalue weighted by Gasteiger charge is 2.65. The first-order valence-corrected chi connectivity index (χ1v) is 9.32. The molecular weight excluding hydrogens is 272 g/mol. The fourth-order valence-corrected chi connectivity index (χ4v) is 7.60. The molecule has 2 bridgehead atoms. The lowest BCUT2D eigenvalue weighted by atomic mass is 9.40. The van der Waals surface area contributed by atoms with E-state index in [1.165, 1.54) is 44.1 Å². The molecule has 0 saturated heterocycles. The third-order valence-electron chi connectivity index (χ3n) is 8.73. The van der Waals surface area contributed by atoms with Crippen molar-refractivity contribution in [2.75, 3.05) is 6.61 Å². The zero-order chi connectivity index (χ0) is 15.8. The van der Waals surface area contributed by atoms with Gasteiger partial charge in [0, 0.05) is 5.41 Å². The zero-order valence-corrected chi connectivity index (χ0v) is 14.3. The number of fused-ring (bicyclic) bond motifs is 3. The number of aliphatic hydroxyl groups excluding tert-OH is 2. The van der Waals surface area contributed by atoms with Crippen LogP contribution in [0.25, 0.3) is 0 Å². The fourth-order valence-electron chi connectivity index (χ4n) is 7.60. The van der Waals surface area contributed by atoms with Gasteiger partial charge in [-0.2, -0.15) is 0 Å². The topological polar surface area (TPSA) is 40.5 Å². The summed E-state index contributed by atoms with van der Waals surface area (Å²) >= 11 is 0. The molecule has 0 heterocycles. The molecule has 4 rings (SSSR count). The normalized spacial score (nSPS) is 57.4. The van der Waals surface area contributed by atoms with E-state index in [2.05, 4.69) is 20.4 Å². The smallest absolute Gasteiger partial charge is 0.0618 e. The van der Waals surface area contributed by atoms with E-state index in [4.69, 9.17) is 0 Å². The van der Waals surface area contributed by atoms with Gasteiger partial charge < -0.3 is 10.2 Å². The third kappa shape index (κ3) is 1.69. The highest BCUT2D eigenvalue weighted by atomic mass is 16.3. The van der Waals surface area contributed by atoms with Crippen LogP contribution in [0, 0.1) is 34.0 Å². The highest BCUT2D eigenvalue weighted by molar-refractivity contribution is 5.22. The second-order valence-corrected chi connectivity index (χ2v) is 9.54. The Balaban J connectivity index is 1.74. The molecule has 2 heteroatoms. The number of aliphatic hydroxyl groups is 2. The molecule has 2 nitrogen and oxygen atoms in total. The predicted octanol–water partition coefficient (Wildman–Crippen LogP) is 3.92. The standard InChI is InChI=1S/C20H32O2/c1-13-10-20-9-6-15-18(2,16(20)5-4-14(13)11-20)8-7-17(22)19(15,3)12-21/h14-17,21-22H,1,4-12H2,2-3H3/t14-,15+,16+,17?,18-,19-,20-/m0/s1. The largest absolute Gasteiger partial charge is 0.396 e. The quantitative estimate of drug-likeness (QED) is 0.721. The minimum absolute atomic E-state index is 0.128. The van der Waals surface area contributed by atoms with Gasteiger partial charge >= 0.3 is 0 Å². The van der Waals surface area contributed by atoms with E-state index in [0.717, 1.165) is 24.7 Å². The molecule has 4 saturated carbocycles. The molecule has 0 aromatic rings. The Hall–Kier alpha value is -0.340. The molecule has 22 heavy (non-hydrogen) atoms. The van der Waals surface area contributed by atoms with Crippen molar-refractivity contribution in [3.05, 3.63) is 12.2 Å². The molecule has 4 fully saturated rings. The SMILES string of the molecule is C=C1C[C@]23CC[C@@H]4[C@](C)(CCC(O)[C@@]4(C)CO)[C@H]2CC[C@H]1C3. The van der Waals surface area contributed by atoms with E-state index in [1.54, 1.807) is 0 Å². The second-order valence-electron chi connectivity index (χ2n) is 9.54. The van der Waals surface area contributed by atoms with Gasteiger partial charge in [-0.3, -0.25) is 0 Å². The Morgan fingerprint density at radius 3 is 2.59 bits per heavy atom. The van der Waals surface area contributed by atoms with E-state index in [-0.39, 0.29) is 18.1 Å². The number of rotatable bonds is 1. The first-order chi connectivity index (χ1) is 10.4. The molecule has 0 radical (unpaired) electrons. The van der Waals surface area contributed by atoms with Gasteiger partial charge in [0.05, 0.1) is 12.7 Å². The molecule has 2 N–H and O–H groups in total. The number of allylic oxidation sites excluding steroid dienone is 1. The van der Waals surface area contributed by atoms with Crippen LogP contribution in [0.2, 0.25) is 0 Å². The van der Waals surface area contributed by atoms with E-state index in [1.807, 2.05) is 0 Å². The van der Waals surface area contributed by atoms with Crippen molar-refractivity contribution in [1.29, 1.82) is 0 Å². The van der Waals surface area contributed by atoms with Gasteiger partial charge in [0.15, 0.2) is 0 Å². The van der Waals surface area contributed by atoms with Crippen LogP contribution in [0.5, 0.6) is 0 Å². The fraction of sp³-hybridized carbons (Fsp3) is 0.900. The number of hydrogen-bond acceptors (Lipinski definition) is 2. The molecule has 0 amide bonds. The van der Waals surface area contributed by atoms with Crippen LogP contribution in [0.3, 0.4) is 0 Å². The Morgan fingerprint density at radius 2 is 1.86 bits per heavy atom. The summed E-state index contributed by atoms with van der Waals surface area (Å²) in [4.78, 5) is 0. The monoisotopic (exact) mass is 304 g/mol. The van der Waals surface area contributed by atoms with Crippen LogP contribution in [-0.2, 0) is 0 Å². The van der Waals surface area contributed by atoms with Gasteiger partial charge in [-0.25, -0.2) is 0 Å². The van der Waals surface area contributed by atoms with Crippen molar-refractivity contribution in [2.24, 2.45) is 34.0 Å². The molecule has 0 aromatic heterocycles. The summed E-state index contributed by atoms with van der Waals surface area (Å²) in [5, 5.41) is 20.6. The van der Waals surface area contributed by atoms with Crippen molar-refractivity contribution < 1.29 is 10.2 Å². The highest BCUT2D eigenvalue weighted by Crippen LogP contribution is 2.72. The maximum absolute atomic E-state index is 10.6. The molecule has 1 unspecified atom stereocenters. The molecule has 4 aliphatic rings. The molecule has 124 valence electrons. The summed E-state index contributed by atoms with van der Waals surface area (Å²) in [6.07, 6.45) is 9.43. The summed E-state index contributed by atoms with van der Waals surface area (Å²) < 4.78 is 0. The van der Waals surface area contributed by atoms with Crippen molar-refractivity contribution in [2.45, 2.75) is 71.3 Å². The van der Waals surface area contributed by atoms with Crippen LogP contribution in [0.15, 0.2) is 12.2 Å². The van der Waals surface area contributed by atoms with Crippen molar-refractivity contribution >= 4 is 0 Å². The first-order valence-electron chi connectivity index (χ1n) is 9.32. The maximum atomic E-state index is 10.6. The Bertz CT molecular complexity index is 500. The Kier molecular flexibility index (Phi) is 3.18. The van der Waals surface area contributed by atoms with E-state index >= 15 is 0 Å². The average Bonchev–Trinajstić information content (AvgIpc) is 2.73. The lowest BCUT2D eigenvalue weighted by molar-refractivity contribution is -0.197. The molecule has 1 spiro atoms. The minimum atomic E-state index is -0.334. The van der Waals surface area contributed by atoms with E-state index in [0.29, 0.717) is 16.7 Å². The maximum Gasteiger partial charge on any atom is 0.0618 e. The summed E-state index contributed by atoms with van der Waals surface area (Å²) in [6, 6.07) is 0. The summed E-state index contributed by atoms with van der Waals surface area (Å²) in [7, 11) is 0. The minimum Gasteiger partial charge on any atom is -0.396 e. The molecule has 0 aliphatic heterocycles.